The highest BCUT2D eigenvalue weighted by Gasteiger charge is 2.35. The Morgan fingerprint density at radius 2 is 1.59 bits per heavy atom. The number of ether oxygens (including phenoxy) is 1. The number of nitrogens with zero attached hydrogens (tertiary/aromatic N) is 1. The number of carbonyl (C=O) groups is 2. The Morgan fingerprint density at radius 1 is 0.931 bits per heavy atom. The van der Waals surface area contributed by atoms with E-state index in [4.69, 9.17) is 4.74 Å². The molecule has 0 spiro atoms. The number of benzene rings is 3. The van der Waals surface area contributed by atoms with Gasteiger partial charge in [-0.05, 0) is 42.0 Å². The third kappa shape index (κ3) is 4.63. The topological polar surface area (TPSA) is 58.6 Å². The summed E-state index contributed by atoms with van der Waals surface area (Å²) in [4.78, 5) is 26.6. The van der Waals surface area contributed by atoms with Gasteiger partial charge in [-0.1, -0.05) is 48.5 Å². The van der Waals surface area contributed by atoms with Crippen LogP contribution >= 0.6 is 0 Å². The second kappa shape index (κ2) is 8.61. The van der Waals surface area contributed by atoms with Crippen LogP contribution in [-0.4, -0.2) is 18.4 Å². The van der Waals surface area contributed by atoms with Crippen LogP contribution in [0.2, 0.25) is 0 Å². The molecule has 4 rings (SSSR count). The van der Waals surface area contributed by atoms with E-state index in [1.165, 1.54) is 0 Å². The lowest BCUT2D eigenvalue weighted by atomic mass is 10.1. The van der Waals surface area contributed by atoms with Crippen LogP contribution in [0.15, 0.2) is 84.9 Å². The monoisotopic (exact) mass is 386 g/mol. The van der Waals surface area contributed by atoms with Gasteiger partial charge in [-0.2, -0.15) is 0 Å². The van der Waals surface area contributed by atoms with Crippen molar-refractivity contribution in [3.8, 4) is 5.75 Å². The van der Waals surface area contributed by atoms with Crippen molar-refractivity contribution in [1.29, 1.82) is 0 Å². The minimum absolute atomic E-state index is 0.0268. The standard InChI is InChI=1S/C24H22N2O3/c27-23-15-19(16-26(23)21-9-5-2-6-10-21)24(28)25-20-11-13-22(14-12-20)29-17-18-7-3-1-4-8-18/h1-14,19H,15-17H2,(H,25,28). The van der Waals surface area contributed by atoms with Crippen molar-refractivity contribution in [2.75, 3.05) is 16.8 Å². The molecule has 1 heterocycles. The molecule has 3 aromatic carbocycles. The smallest absolute Gasteiger partial charge is 0.229 e. The van der Waals surface area contributed by atoms with Crippen molar-refractivity contribution in [3.63, 3.8) is 0 Å². The lowest BCUT2D eigenvalue weighted by Gasteiger charge is -2.16. The highest BCUT2D eigenvalue weighted by molar-refractivity contribution is 6.03. The molecule has 0 bridgehead atoms. The minimum Gasteiger partial charge on any atom is -0.489 e. The van der Waals surface area contributed by atoms with Gasteiger partial charge in [0.25, 0.3) is 0 Å². The van der Waals surface area contributed by atoms with Crippen molar-refractivity contribution >= 4 is 23.2 Å². The molecular formula is C24H22N2O3. The van der Waals surface area contributed by atoms with Crippen molar-refractivity contribution in [1.82, 2.24) is 0 Å². The summed E-state index contributed by atoms with van der Waals surface area (Å²) in [5, 5.41) is 2.90. The molecule has 29 heavy (non-hydrogen) atoms. The van der Waals surface area contributed by atoms with E-state index in [2.05, 4.69) is 5.32 Å². The van der Waals surface area contributed by atoms with Crippen LogP contribution in [0.5, 0.6) is 5.75 Å². The average Bonchev–Trinajstić information content (AvgIpc) is 3.16. The van der Waals surface area contributed by atoms with Crippen LogP contribution < -0.4 is 15.0 Å². The number of nitrogens with one attached hydrogen (secondary N) is 1. The fourth-order valence-corrected chi connectivity index (χ4v) is 3.36. The van der Waals surface area contributed by atoms with E-state index in [9.17, 15) is 9.59 Å². The van der Waals surface area contributed by atoms with Crippen LogP contribution in [0.1, 0.15) is 12.0 Å². The molecular weight excluding hydrogens is 364 g/mol. The van der Waals surface area contributed by atoms with Gasteiger partial charge in [0.2, 0.25) is 11.8 Å². The average molecular weight is 386 g/mol. The lowest BCUT2D eigenvalue weighted by molar-refractivity contribution is -0.122. The fourth-order valence-electron chi connectivity index (χ4n) is 3.36. The van der Waals surface area contributed by atoms with E-state index >= 15 is 0 Å². The van der Waals surface area contributed by atoms with E-state index < -0.39 is 0 Å². The van der Waals surface area contributed by atoms with Gasteiger partial charge >= 0.3 is 0 Å². The highest BCUT2D eigenvalue weighted by Crippen LogP contribution is 2.26. The van der Waals surface area contributed by atoms with Gasteiger partial charge in [0.05, 0.1) is 5.92 Å². The molecule has 1 saturated heterocycles. The second-order valence-corrected chi connectivity index (χ2v) is 7.03. The maximum Gasteiger partial charge on any atom is 0.229 e. The molecule has 1 aliphatic rings. The van der Waals surface area contributed by atoms with Crippen molar-refractivity contribution in [2.45, 2.75) is 13.0 Å². The molecule has 2 amide bonds. The van der Waals surface area contributed by atoms with E-state index in [0.29, 0.717) is 18.8 Å². The van der Waals surface area contributed by atoms with Crippen LogP contribution in [0.25, 0.3) is 0 Å². The Balaban J connectivity index is 1.32. The zero-order valence-electron chi connectivity index (χ0n) is 16.0. The Morgan fingerprint density at radius 3 is 2.28 bits per heavy atom. The van der Waals surface area contributed by atoms with E-state index in [1.807, 2.05) is 84.9 Å². The third-order valence-electron chi connectivity index (χ3n) is 4.93. The summed E-state index contributed by atoms with van der Waals surface area (Å²) in [5.41, 5.74) is 2.61. The summed E-state index contributed by atoms with van der Waals surface area (Å²) in [7, 11) is 0. The normalized spacial score (nSPS) is 15.9. The molecule has 5 nitrogen and oxygen atoms in total. The lowest BCUT2D eigenvalue weighted by Crippen LogP contribution is -2.28. The summed E-state index contributed by atoms with van der Waals surface area (Å²) < 4.78 is 5.76. The summed E-state index contributed by atoms with van der Waals surface area (Å²) in [6, 6.07) is 26.7. The molecule has 1 unspecified atom stereocenters. The maximum absolute atomic E-state index is 12.6. The molecule has 146 valence electrons. The van der Waals surface area contributed by atoms with E-state index in [1.54, 1.807) is 4.90 Å². The van der Waals surface area contributed by atoms with Crippen molar-refractivity contribution < 1.29 is 14.3 Å². The number of rotatable bonds is 6. The summed E-state index contributed by atoms with van der Waals surface area (Å²) in [6.45, 7) is 0.888. The van der Waals surface area contributed by atoms with E-state index in [0.717, 1.165) is 17.0 Å². The number of hydrogen-bond acceptors (Lipinski definition) is 3. The van der Waals surface area contributed by atoms with Gasteiger partial charge in [0, 0.05) is 24.3 Å². The van der Waals surface area contributed by atoms with Gasteiger partial charge in [-0.3, -0.25) is 9.59 Å². The van der Waals surface area contributed by atoms with Gasteiger partial charge in [0.1, 0.15) is 12.4 Å². The van der Waals surface area contributed by atoms with Crippen molar-refractivity contribution in [3.05, 3.63) is 90.5 Å². The Kier molecular flexibility index (Phi) is 5.56. The summed E-state index contributed by atoms with van der Waals surface area (Å²) in [5.74, 6) is 0.200. The van der Waals surface area contributed by atoms with E-state index in [-0.39, 0.29) is 24.2 Å². The van der Waals surface area contributed by atoms with Gasteiger partial charge < -0.3 is 15.0 Å². The quantitative estimate of drug-likeness (QED) is 0.689. The number of anilines is 2. The number of para-hydroxylation sites is 1. The first kappa shape index (κ1) is 18.7. The zero-order valence-corrected chi connectivity index (χ0v) is 16.0. The SMILES string of the molecule is O=C(Nc1ccc(OCc2ccccc2)cc1)C1CC(=O)N(c2ccccc2)C1. The molecule has 0 radical (unpaired) electrons. The summed E-state index contributed by atoms with van der Waals surface area (Å²) >= 11 is 0. The van der Waals surface area contributed by atoms with Crippen LogP contribution in [0, 0.1) is 5.92 Å². The molecule has 0 saturated carbocycles. The van der Waals surface area contributed by atoms with Crippen molar-refractivity contribution in [2.24, 2.45) is 5.92 Å². The highest BCUT2D eigenvalue weighted by atomic mass is 16.5. The minimum atomic E-state index is -0.364. The zero-order chi connectivity index (χ0) is 20.1. The fraction of sp³-hybridized carbons (Fsp3) is 0.167. The number of amides is 2. The Hall–Kier alpha value is -3.60. The number of carbonyl (C=O) groups excluding carboxylic acids is 2. The molecule has 1 atom stereocenters. The van der Waals surface area contributed by atoms with Crippen LogP contribution in [0.4, 0.5) is 11.4 Å². The van der Waals surface area contributed by atoms with Gasteiger partial charge in [0.15, 0.2) is 0 Å². The molecule has 5 heteroatoms. The second-order valence-electron chi connectivity index (χ2n) is 7.03. The Bertz CT molecular complexity index is 972. The molecule has 0 aliphatic carbocycles. The third-order valence-corrected chi connectivity index (χ3v) is 4.93. The molecule has 1 fully saturated rings. The predicted molar refractivity (Wildman–Crippen MR) is 113 cm³/mol. The first-order valence-corrected chi connectivity index (χ1v) is 9.62. The molecule has 1 aliphatic heterocycles. The molecule has 3 aromatic rings. The largest absolute Gasteiger partial charge is 0.489 e. The predicted octanol–water partition coefficient (Wildman–Crippen LogP) is 4.26. The van der Waals surface area contributed by atoms with Gasteiger partial charge in [-0.15, -0.1) is 0 Å². The first-order chi connectivity index (χ1) is 14.2. The van der Waals surface area contributed by atoms with Crippen LogP contribution in [-0.2, 0) is 16.2 Å². The summed E-state index contributed by atoms with van der Waals surface area (Å²) in [6.07, 6.45) is 0.221. The maximum atomic E-state index is 12.6. The molecule has 0 aromatic heterocycles. The Labute approximate surface area is 169 Å². The number of hydrogen-bond donors (Lipinski definition) is 1. The van der Waals surface area contributed by atoms with Gasteiger partial charge in [-0.25, -0.2) is 0 Å². The van der Waals surface area contributed by atoms with Crippen LogP contribution in [0.3, 0.4) is 0 Å². The first-order valence-electron chi connectivity index (χ1n) is 9.62. The molecule has 1 N–H and O–H groups in total.